The SMILES string of the molecule is O=C(NC1CCC(N2CCOCC2)CC1)c1n[nH]cc1NC(=O)c1c(F)cccc1F. The van der Waals surface area contributed by atoms with Crippen molar-refractivity contribution in [3.8, 4) is 0 Å². The number of benzene rings is 1. The summed E-state index contributed by atoms with van der Waals surface area (Å²) >= 11 is 0. The zero-order valence-corrected chi connectivity index (χ0v) is 17.0. The van der Waals surface area contributed by atoms with Crippen molar-refractivity contribution in [2.75, 3.05) is 31.6 Å². The number of morpholine rings is 1. The van der Waals surface area contributed by atoms with E-state index in [2.05, 4.69) is 25.7 Å². The van der Waals surface area contributed by atoms with Crippen LogP contribution >= 0.6 is 0 Å². The Kier molecular flexibility index (Phi) is 6.57. The predicted octanol–water partition coefficient (Wildman–Crippen LogP) is 2.31. The number of aromatic amines is 1. The summed E-state index contributed by atoms with van der Waals surface area (Å²) in [5.41, 5.74) is -0.677. The first-order chi connectivity index (χ1) is 15.0. The molecule has 0 atom stereocenters. The fraction of sp³-hybridized carbons (Fsp3) is 0.476. The monoisotopic (exact) mass is 433 g/mol. The summed E-state index contributed by atoms with van der Waals surface area (Å²) in [5, 5.41) is 11.7. The number of nitrogens with zero attached hydrogens (tertiary/aromatic N) is 2. The third-order valence-corrected chi connectivity index (χ3v) is 5.89. The molecule has 2 fully saturated rings. The Balaban J connectivity index is 1.34. The Morgan fingerprint density at radius 3 is 2.42 bits per heavy atom. The van der Waals surface area contributed by atoms with Crippen molar-refractivity contribution in [1.82, 2.24) is 20.4 Å². The van der Waals surface area contributed by atoms with Crippen LogP contribution in [0.5, 0.6) is 0 Å². The first-order valence-electron chi connectivity index (χ1n) is 10.4. The minimum Gasteiger partial charge on any atom is -0.379 e. The van der Waals surface area contributed by atoms with Gasteiger partial charge in [-0.15, -0.1) is 0 Å². The van der Waals surface area contributed by atoms with Crippen LogP contribution in [-0.4, -0.2) is 65.3 Å². The third kappa shape index (κ3) is 4.91. The molecule has 4 rings (SSSR count). The van der Waals surface area contributed by atoms with Crippen LogP contribution in [0.2, 0.25) is 0 Å². The Morgan fingerprint density at radius 1 is 1.06 bits per heavy atom. The van der Waals surface area contributed by atoms with Gasteiger partial charge in [-0.3, -0.25) is 19.6 Å². The van der Waals surface area contributed by atoms with E-state index in [1.165, 1.54) is 12.3 Å². The van der Waals surface area contributed by atoms with Crippen molar-refractivity contribution in [2.45, 2.75) is 37.8 Å². The highest BCUT2D eigenvalue weighted by Crippen LogP contribution is 2.25. The van der Waals surface area contributed by atoms with Gasteiger partial charge in [0, 0.05) is 31.4 Å². The van der Waals surface area contributed by atoms with E-state index in [-0.39, 0.29) is 17.4 Å². The van der Waals surface area contributed by atoms with E-state index in [0.29, 0.717) is 6.04 Å². The number of hydrogen-bond acceptors (Lipinski definition) is 5. The molecule has 1 aliphatic heterocycles. The smallest absolute Gasteiger partial charge is 0.274 e. The lowest BCUT2D eigenvalue weighted by Crippen LogP contribution is -2.47. The van der Waals surface area contributed by atoms with Crippen LogP contribution < -0.4 is 10.6 Å². The average Bonchev–Trinajstić information content (AvgIpc) is 3.23. The number of nitrogens with one attached hydrogen (secondary N) is 3. The van der Waals surface area contributed by atoms with Gasteiger partial charge in [0.25, 0.3) is 11.8 Å². The van der Waals surface area contributed by atoms with Crippen LogP contribution in [0.25, 0.3) is 0 Å². The van der Waals surface area contributed by atoms with Gasteiger partial charge in [0.1, 0.15) is 17.2 Å². The van der Waals surface area contributed by atoms with E-state index < -0.39 is 29.0 Å². The molecular weight excluding hydrogens is 408 g/mol. The molecule has 1 saturated carbocycles. The van der Waals surface area contributed by atoms with E-state index in [1.54, 1.807) is 0 Å². The maximum absolute atomic E-state index is 13.8. The van der Waals surface area contributed by atoms with Crippen LogP contribution in [0.4, 0.5) is 14.5 Å². The highest BCUT2D eigenvalue weighted by Gasteiger charge is 2.29. The Bertz CT molecular complexity index is 917. The molecule has 1 aromatic carbocycles. The maximum atomic E-state index is 13.8. The Morgan fingerprint density at radius 2 is 1.74 bits per heavy atom. The largest absolute Gasteiger partial charge is 0.379 e. The van der Waals surface area contributed by atoms with E-state index >= 15 is 0 Å². The average molecular weight is 433 g/mol. The molecule has 10 heteroatoms. The number of carbonyl (C=O) groups excluding carboxylic acids is 2. The van der Waals surface area contributed by atoms with Gasteiger partial charge in [0.2, 0.25) is 0 Å². The lowest BCUT2D eigenvalue weighted by atomic mass is 9.90. The van der Waals surface area contributed by atoms with E-state index in [0.717, 1.165) is 64.1 Å². The van der Waals surface area contributed by atoms with Gasteiger partial charge in [-0.1, -0.05) is 6.07 Å². The highest BCUT2D eigenvalue weighted by molar-refractivity contribution is 6.08. The van der Waals surface area contributed by atoms with Gasteiger partial charge in [-0.2, -0.15) is 5.10 Å². The maximum Gasteiger partial charge on any atom is 0.274 e. The number of hydrogen-bond donors (Lipinski definition) is 3. The lowest BCUT2D eigenvalue weighted by Gasteiger charge is -2.38. The normalized spacial score (nSPS) is 22.1. The lowest BCUT2D eigenvalue weighted by molar-refractivity contribution is 0.00664. The number of H-pyrrole nitrogens is 1. The molecule has 0 unspecified atom stereocenters. The number of halogens is 2. The first-order valence-corrected chi connectivity index (χ1v) is 10.4. The summed E-state index contributed by atoms with van der Waals surface area (Å²) in [5.74, 6) is -3.40. The van der Waals surface area contributed by atoms with Crippen molar-refractivity contribution in [3.05, 3.63) is 47.3 Å². The van der Waals surface area contributed by atoms with Gasteiger partial charge in [0.15, 0.2) is 5.69 Å². The third-order valence-electron chi connectivity index (χ3n) is 5.89. The number of anilines is 1. The highest BCUT2D eigenvalue weighted by atomic mass is 19.1. The summed E-state index contributed by atoms with van der Waals surface area (Å²) in [4.78, 5) is 27.5. The van der Waals surface area contributed by atoms with Crippen LogP contribution in [0.3, 0.4) is 0 Å². The number of rotatable bonds is 5. The fourth-order valence-corrected chi connectivity index (χ4v) is 4.24. The topological polar surface area (TPSA) is 99.3 Å². The van der Waals surface area contributed by atoms with E-state index in [9.17, 15) is 18.4 Å². The molecule has 1 aromatic heterocycles. The van der Waals surface area contributed by atoms with Gasteiger partial charge in [0.05, 0.1) is 18.9 Å². The molecule has 2 heterocycles. The zero-order chi connectivity index (χ0) is 21.8. The van der Waals surface area contributed by atoms with Gasteiger partial charge < -0.3 is 15.4 Å². The van der Waals surface area contributed by atoms with Gasteiger partial charge in [-0.05, 0) is 37.8 Å². The van der Waals surface area contributed by atoms with Crippen molar-refractivity contribution < 1.29 is 23.1 Å². The molecule has 31 heavy (non-hydrogen) atoms. The van der Waals surface area contributed by atoms with Crippen molar-refractivity contribution in [2.24, 2.45) is 0 Å². The van der Waals surface area contributed by atoms with Gasteiger partial charge in [-0.25, -0.2) is 8.78 Å². The summed E-state index contributed by atoms with van der Waals surface area (Å²) in [6.07, 6.45) is 4.98. The molecule has 0 bridgehead atoms. The van der Waals surface area contributed by atoms with E-state index in [1.807, 2.05) is 0 Å². The molecule has 166 valence electrons. The first kappa shape index (κ1) is 21.4. The number of ether oxygens (including phenoxy) is 1. The van der Waals surface area contributed by atoms with Crippen molar-refractivity contribution in [3.63, 3.8) is 0 Å². The molecule has 0 spiro atoms. The van der Waals surface area contributed by atoms with Crippen LogP contribution in [0, 0.1) is 11.6 Å². The summed E-state index contributed by atoms with van der Waals surface area (Å²) in [6.45, 7) is 3.42. The van der Waals surface area contributed by atoms with Crippen LogP contribution in [0.1, 0.15) is 46.5 Å². The van der Waals surface area contributed by atoms with Crippen molar-refractivity contribution in [1.29, 1.82) is 0 Å². The molecule has 8 nitrogen and oxygen atoms in total. The second kappa shape index (κ2) is 9.52. The molecule has 2 amide bonds. The van der Waals surface area contributed by atoms with Crippen molar-refractivity contribution >= 4 is 17.5 Å². The Labute approximate surface area is 178 Å². The number of aromatic nitrogens is 2. The molecule has 2 aromatic rings. The molecular formula is C21H25F2N5O3. The Hall–Kier alpha value is -2.85. The molecule has 0 radical (unpaired) electrons. The second-order valence-corrected chi connectivity index (χ2v) is 7.83. The number of carbonyl (C=O) groups is 2. The minimum absolute atomic E-state index is 0.00838. The standard InChI is InChI=1S/C21H25F2N5O3/c22-15-2-1-3-16(23)18(15)20(29)26-17-12-24-27-19(17)21(30)25-13-4-6-14(7-5-13)28-8-10-31-11-9-28/h1-3,12-14H,4-11H2,(H,24,27)(H,25,30)(H,26,29). The minimum atomic E-state index is -0.989. The summed E-state index contributed by atoms with van der Waals surface area (Å²) in [7, 11) is 0. The van der Waals surface area contributed by atoms with Crippen LogP contribution in [-0.2, 0) is 4.74 Å². The summed E-state index contributed by atoms with van der Waals surface area (Å²) in [6, 6.07) is 3.68. The molecule has 2 aliphatic rings. The molecule has 3 N–H and O–H groups in total. The molecule has 1 aliphatic carbocycles. The quantitative estimate of drug-likeness (QED) is 0.672. The van der Waals surface area contributed by atoms with E-state index in [4.69, 9.17) is 4.74 Å². The predicted molar refractivity (Wildman–Crippen MR) is 109 cm³/mol. The van der Waals surface area contributed by atoms with Crippen LogP contribution in [0.15, 0.2) is 24.4 Å². The fourth-order valence-electron chi connectivity index (χ4n) is 4.24. The molecule has 1 saturated heterocycles. The second-order valence-electron chi connectivity index (χ2n) is 7.83. The van der Waals surface area contributed by atoms with Gasteiger partial charge >= 0.3 is 0 Å². The number of amides is 2. The zero-order valence-electron chi connectivity index (χ0n) is 17.0. The summed E-state index contributed by atoms with van der Waals surface area (Å²) < 4.78 is 33.1.